The van der Waals surface area contributed by atoms with Crippen molar-refractivity contribution in [3.05, 3.63) is 94.3 Å². The summed E-state index contributed by atoms with van der Waals surface area (Å²) in [6, 6.07) is 17.6. The number of rotatable bonds is 7. The number of aromatic nitrogens is 1. The van der Waals surface area contributed by atoms with Gasteiger partial charge in [-0.05, 0) is 55.3 Å². The molecule has 0 saturated carbocycles. The standard InChI is InChI=1S/C24H23ClN2O3/c1-24(2,18-6-4-3-5-7-18)27-23(30)21-13-16(10-11-26-21)12-20(28)15-17-14-19(25)8-9-22(17)29/h3-11,13-14,29H,12,15H2,1-2H3,(H,27,30). The molecule has 0 bridgehead atoms. The number of benzene rings is 2. The summed E-state index contributed by atoms with van der Waals surface area (Å²) in [5.74, 6) is -0.383. The molecule has 0 aliphatic carbocycles. The molecule has 0 unspecified atom stereocenters. The van der Waals surface area contributed by atoms with Gasteiger partial charge in [-0.3, -0.25) is 14.6 Å². The Hall–Kier alpha value is -3.18. The Kier molecular flexibility index (Phi) is 6.53. The highest BCUT2D eigenvalue weighted by molar-refractivity contribution is 6.30. The Balaban J connectivity index is 1.69. The highest BCUT2D eigenvalue weighted by Gasteiger charge is 2.24. The Morgan fingerprint density at radius 2 is 1.77 bits per heavy atom. The molecule has 3 rings (SSSR count). The van der Waals surface area contributed by atoms with E-state index in [9.17, 15) is 14.7 Å². The molecule has 0 aliphatic rings. The van der Waals surface area contributed by atoms with E-state index in [1.165, 1.54) is 12.3 Å². The average molecular weight is 423 g/mol. The van der Waals surface area contributed by atoms with Gasteiger partial charge in [0.1, 0.15) is 17.2 Å². The third-order valence-corrected chi connectivity index (χ3v) is 5.04. The maximum Gasteiger partial charge on any atom is 0.270 e. The van der Waals surface area contributed by atoms with Crippen molar-refractivity contribution in [1.82, 2.24) is 10.3 Å². The number of amides is 1. The first-order chi connectivity index (χ1) is 14.2. The van der Waals surface area contributed by atoms with E-state index in [4.69, 9.17) is 11.6 Å². The number of phenolic OH excluding ortho intramolecular Hbond substituents is 1. The summed E-state index contributed by atoms with van der Waals surface area (Å²) in [7, 11) is 0. The number of carbonyl (C=O) groups is 2. The number of carbonyl (C=O) groups excluding carboxylic acids is 2. The molecule has 1 heterocycles. The van der Waals surface area contributed by atoms with Crippen molar-refractivity contribution in [2.75, 3.05) is 0 Å². The first kappa shape index (κ1) is 21.5. The third-order valence-electron chi connectivity index (χ3n) is 4.81. The van der Waals surface area contributed by atoms with Gasteiger partial charge in [-0.2, -0.15) is 0 Å². The third kappa shape index (κ3) is 5.45. The zero-order chi connectivity index (χ0) is 21.7. The molecule has 2 N–H and O–H groups in total. The zero-order valence-electron chi connectivity index (χ0n) is 16.9. The van der Waals surface area contributed by atoms with Gasteiger partial charge in [0.15, 0.2) is 0 Å². The second-order valence-electron chi connectivity index (χ2n) is 7.66. The lowest BCUT2D eigenvalue weighted by Gasteiger charge is -2.26. The molecule has 0 saturated heterocycles. The van der Waals surface area contributed by atoms with Crippen LogP contribution in [-0.4, -0.2) is 21.8 Å². The summed E-state index contributed by atoms with van der Waals surface area (Å²) in [5, 5.41) is 13.3. The van der Waals surface area contributed by atoms with E-state index in [0.29, 0.717) is 16.1 Å². The van der Waals surface area contributed by atoms with Crippen LogP contribution >= 0.6 is 11.6 Å². The number of hydrogen-bond acceptors (Lipinski definition) is 4. The lowest BCUT2D eigenvalue weighted by molar-refractivity contribution is -0.117. The van der Waals surface area contributed by atoms with Crippen molar-refractivity contribution >= 4 is 23.3 Å². The van der Waals surface area contributed by atoms with Crippen LogP contribution < -0.4 is 5.32 Å². The van der Waals surface area contributed by atoms with E-state index < -0.39 is 5.54 Å². The van der Waals surface area contributed by atoms with E-state index in [1.807, 2.05) is 44.2 Å². The number of aromatic hydroxyl groups is 1. The predicted molar refractivity (Wildman–Crippen MR) is 117 cm³/mol. The maximum absolute atomic E-state index is 12.7. The van der Waals surface area contributed by atoms with Gasteiger partial charge in [0, 0.05) is 29.6 Å². The second kappa shape index (κ2) is 9.09. The minimum absolute atomic E-state index is 0.0330. The number of hydrogen-bond donors (Lipinski definition) is 2. The zero-order valence-corrected chi connectivity index (χ0v) is 17.6. The van der Waals surface area contributed by atoms with Crippen LogP contribution in [0.25, 0.3) is 0 Å². The minimum atomic E-state index is -0.573. The summed E-state index contributed by atoms with van der Waals surface area (Å²) in [5.41, 5.74) is 1.81. The van der Waals surface area contributed by atoms with Crippen molar-refractivity contribution in [3.63, 3.8) is 0 Å². The molecule has 1 amide bonds. The van der Waals surface area contributed by atoms with E-state index in [2.05, 4.69) is 10.3 Å². The number of halogens is 1. The molecular weight excluding hydrogens is 400 g/mol. The fourth-order valence-electron chi connectivity index (χ4n) is 3.18. The normalized spacial score (nSPS) is 11.2. The number of Topliss-reactive ketones (excluding diaryl/α,β-unsaturated/α-hetero) is 1. The van der Waals surface area contributed by atoms with Crippen LogP contribution in [0.4, 0.5) is 0 Å². The van der Waals surface area contributed by atoms with E-state index in [1.54, 1.807) is 24.3 Å². The maximum atomic E-state index is 12.7. The summed E-state index contributed by atoms with van der Waals surface area (Å²) in [6.07, 6.45) is 1.69. The van der Waals surface area contributed by atoms with Crippen LogP contribution in [0.15, 0.2) is 66.9 Å². The van der Waals surface area contributed by atoms with Crippen LogP contribution in [0.2, 0.25) is 5.02 Å². The largest absolute Gasteiger partial charge is 0.508 e. The molecule has 0 aliphatic heterocycles. The van der Waals surface area contributed by atoms with E-state index in [0.717, 1.165) is 5.56 Å². The Morgan fingerprint density at radius 3 is 2.50 bits per heavy atom. The Labute approximate surface area is 180 Å². The van der Waals surface area contributed by atoms with E-state index >= 15 is 0 Å². The highest BCUT2D eigenvalue weighted by atomic mass is 35.5. The van der Waals surface area contributed by atoms with Gasteiger partial charge < -0.3 is 10.4 Å². The van der Waals surface area contributed by atoms with Gasteiger partial charge in [0.25, 0.3) is 5.91 Å². The van der Waals surface area contributed by atoms with Gasteiger partial charge in [-0.1, -0.05) is 41.9 Å². The predicted octanol–water partition coefficient (Wildman–Crippen LogP) is 4.46. The van der Waals surface area contributed by atoms with Gasteiger partial charge in [0.2, 0.25) is 0 Å². The van der Waals surface area contributed by atoms with Crippen LogP contribution in [0.1, 0.15) is 41.0 Å². The van der Waals surface area contributed by atoms with Crippen molar-refractivity contribution in [3.8, 4) is 5.75 Å². The number of pyridine rings is 1. The molecule has 0 atom stereocenters. The van der Waals surface area contributed by atoms with Gasteiger partial charge >= 0.3 is 0 Å². The van der Waals surface area contributed by atoms with Crippen molar-refractivity contribution < 1.29 is 14.7 Å². The summed E-state index contributed by atoms with van der Waals surface area (Å²) >= 11 is 5.94. The lowest BCUT2D eigenvalue weighted by atomic mass is 9.94. The van der Waals surface area contributed by atoms with Gasteiger partial charge in [-0.15, -0.1) is 0 Å². The number of phenols is 1. The molecule has 0 spiro atoms. The number of ketones is 1. The monoisotopic (exact) mass is 422 g/mol. The van der Waals surface area contributed by atoms with Crippen LogP contribution in [0, 0.1) is 0 Å². The van der Waals surface area contributed by atoms with Crippen molar-refractivity contribution in [2.45, 2.75) is 32.2 Å². The van der Waals surface area contributed by atoms with Crippen molar-refractivity contribution in [1.29, 1.82) is 0 Å². The molecule has 0 radical (unpaired) electrons. The first-order valence-electron chi connectivity index (χ1n) is 9.56. The average Bonchev–Trinajstić information content (AvgIpc) is 2.71. The minimum Gasteiger partial charge on any atom is -0.508 e. The second-order valence-corrected chi connectivity index (χ2v) is 8.10. The SMILES string of the molecule is CC(C)(NC(=O)c1cc(CC(=O)Cc2cc(Cl)ccc2O)ccn1)c1ccccc1. The number of nitrogens with one attached hydrogen (secondary N) is 1. The summed E-state index contributed by atoms with van der Waals surface area (Å²) in [6.45, 7) is 3.84. The molecule has 3 aromatic rings. The van der Waals surface area contributed by atoms with Crippen molar-refractivity contribution in [2.24, 2.45) is 0 Å². The van der Waals surface area contributed by atoms with Crippen LogP contribution in [-0.2, 0) is 23.2 Å². The number of nitrogens with zero attached hydrogens (tertiary/aromatic N) is 1. The smallest absolute Gasteiger partial charge is 0.270 e. The highest BCUT2D eigenvalue weighted by Crippen LogP contribution is 2.23. The fraction of sp³-hybridized carbons (Fsp3) is 0.208. The summed E-state index contributed by atoms with van der Waals surface area (Å²) in [4.78, 5) is 29.4. The molecule has 5 nitrogen and oxygen atoms in total. The van der Waals surface area contributed by atoms with E-state index in [-0.39, 0.29) is 36.0 Å². The van der Waals surface area contributed by atoms with Crippen LogP contribution in [0.5, 0.6) is 5.75 Å². The van der Waals surface area contributed by atoms with Gasteiger partial charge in [0.05, 0.1) is 5.54 Å². The Morgan fingerprint density at radius 1 is 1.03 bits per heavy atom. The molecule has 6 heteroatoms. The lowest BCUT2D eigenvalue weighted by Crippen LogP contribution is -2.41. The van der Waals surface area contributed by atoms with Crippen LogP contribution in [0.3, 0.4) is 0 Å². The topological polar surface area (TPSA) is 79.3 Å². The van der Waals surface area contributed by atoms with Gasteiger partial charge in [-0.25, -0.2) is 0 Å². The first-order valence-corrected chi connectivity index (χ1v) is 9.94. The fourth-order valence-corrected chi connectivity index (χ4v) is 3.38. The summed E-state index contributed by atoms with van der Waals surface area (Å²) < 4.78 is 0. The Bertz CT molecular complexity index is 1070. The molecule has 1 aromatic heterocycles. The molecule has 154 valence electrons. The molecule has 2 aromatic carbocycles. The molecular formula is C24H23ClN2O3. The molecule has 0 fully saturated rings. The molecule has 30 heavy (non-hydrogen) atoms. The quantitative estimate of drug-likeness (QED) is 0.589.